The second-order valence-electron chi connectivity index (χ2n) is 3.77. The number of Topliss-reactive ketones (excluding diaryl/α,β-unsaturated/α-hetero) is 1. The molecule has 0 saturated carbocycles. The van der Waals surface area contributed by atoms with Crippen LogP contribution in [0.25, 0.3) is 0 Å². The molecule has 0 aliphatic heterocycles. The molecule has 5 heteroatoms. The summed E-state index contributed by atoms with van der Waals surface area (Å²) >= 11 is 0. The fraction of sp³-hybridized carbons (Fsp3) is 0.417. The minimum Gasteiger partial charge on any atom is -0.365 e. The van der Waals surface area contributed by atoms with Crippen LogP contribution < -0.4 is 4.90 Å². The number of carbonyl (C=O) groups excluding carboxylic acids is 1. The number of carbonyl (C=O) groups is 1. The van der Waals surface area contributed by atoms with Crippen molar-refractivity contribution in [1.82, 2.24) is 0 Å². The van der Waals surface area contributed by atoms with E-state index in [9.17, 15) is 18.0 Å². The molecule has 0 amide bonds. The Morgan fingerprint density at radius 1 is 1.29 bits per heavy atom. The minimum atomic E-state index is -4.28. The number of anilines is 1. The first-order valence-electron chi connectivity index (χ1n) is 5.25. The number of hydrogen-bond acceptors (Lipinski definition) is 2. The molecule has 1 aromatic rings. The SMILES string of the molecule is CCC(=O)c1ccccc1N(C)CC(F)(F)F. The third kappa shape index (κ3) is 3.76. The van der Waals surface area contributed by atoms with E-state index < -0.39 is 12.7 Å². The van der Waals surface area contributed by atoms with Crippen LogP contribution in [0.5, 0.6) is 0 Å². The monoisotopic (exact) mass is 245 g/mol. The average Bonchev–Trinajstić information content (AvgIpc) is 2.25. The van der Waals surface area contributed by atoms with E-state index in [2.05, 4.69) is 0 Å². The van der Waals surface area contributed by atoms with E-state index in [0.29, 0.717) is 11.3 Å². The molecule has 0 aliphatic rings. The molecule has 0 spiro atoms. The van der Waals surface area contributed by atoms with E-state index >= 15 is 0 Å². The van der Waals surface area contributed by atoms with Crippen molar-refractivity contribution >= 4 is 11.5 Å². The summed E-state index contributed by atoms with van der Waals surface area (Å²) in [5.74, 6) is -0.158. The summed E-state index contributed by atoms with van der Waals surface area (Å²) in [6.45, 7) is 0.615. The van der Waals surface area contributed by atoms with Crippen LogP contribution in [0, 0.1) is 0 Å². The summed E-state index contributed by atoms with van der Waals surface area (Å²) in [6.07, 6.45) is -4.01. The van der Waals surface area contributed by atoms with Crippen molar-refractivity contribution in [3.63, 3.8) is 0 Å². The van der Waals surface area contributed by atoms with Gasteiger partial charge < -0.3 is 4.90 Å². The van der Waals surface area contributed by atoms with E-state index in [1.165, 1.54) is 13.1 Å². The molecule has 94 valence electrons. The Morgan fingerprint density at radius 2 is 1.88 bits per heavy atom. The Kier molecular flexibility index (Phi) is 4.15. The number of hydrogen-bond donors (Lipinski definition) is 0. The maximum Gasteiger partial charge on any atom is 0.405 e. The van der Waals surface area contributed by atoms with Crippen molar-refractivity contribution in [2.24, 2.45) is 0 Å². The molecule has 1 rings (SSSR count). The van der Waals surface area contributed by atoms with Gasteiger partial charge in [-0.25, -0.2) is 0 Å². The molecule has 0 aromatic heterocycles. The van der Waals surface area contributed by atoms with E-state index in [4.69, 9.17) is 0 Å². The van der Waals surface area contributed by atoms with Gasteiger partial charge in [0.2, 0.25) is 0 Å². The summed E-state index contributed by atoms with van der Waals surface area (Å²) < 4.78 is 36.8. The molecule has 0 radical (unpaired) electrons. The first-order chi connectivity index (χ1) is 7.85. The molecule has 0 heterocycles. The fourth-order valence-corrected chi connectivity index (χ4v) is 1.59. The number of para-hydroxylation sites is 1. The summed E-state index contributed by atoms with van der Waals surface area (Å²) in [7, 11) is 1.33. The maximum atomic E-state index is 12.3. The molecule has 0 unspecified atom stereocenters. The second kappa shape index (κ2) is 5.21. The van der Waals surface area contributed by atoms with Crippen LogP contribution in [0.4, 0.5) is 18.9 Å². The van der Waals surface area contributed by atoms with Gasteiger partial charge in [0.25, 0.3) is 0 Å². The molecular weight excluding hydrogens is 231 g/mol. The van der Waals surface area contributed by atoms with Gasteiger partial charge in [0.1, 0.15) is 6.54 Å². The first kappa shape index (κ1) is 13.5. The van der Waals surface area contributed by atoms with Gasteiger partial charge in [0.05, 0.1) is 0 Å². The van der Waals surface area contributed by atoms with Crippen molar-refractivity contribution in [3.8, 4) is 0 Å². The molecule has 0 atom stereocenters. The van der Waals surface area contributed by atoms with Crippen LogP contribution in [0.3, 0.4) is 0 Å². The lowest BCUT2D eigenvalue weighted by Gasteiger charge is -2.23. The zero-order valence-electron chi connectivity index (χ0n) is 9.71. The molecule has 17 heavy (non-hydrogen) atoms. The van der Waals surface area contributed by atoms with E-state index in [1.54, 1.807) is 25.1 Å². The molecule has 0 fully saturated rings. The third-order valence-electron chi connectivity index (χ3n) is 2.35. The predicted octanol–water partition coefficient (Wildman–Crippen LogP) is 3.28. The fourth-order valence-electron chi connectivity index (χ4n) is 1.59. The van der Waals surface area contributed by atoms with Gasteiger partial charge in [0.15, 0.2) is 5.78 Å². The predicted molar refractivity (Wildman–Crippen MR) is 60.4 cm³/mol. The third-order valence-corrected chi connectivity index (χ3v) is 2.35. The number of nitrogens with zero attached hydrogens (tertiary/aromatic N) is 1. The van der Waals surface area contributed by atoms with Crippen LogP contribution in [-0.2, 0) is 0 Å². The summed E-state index contributed by atoms with van der Waals surface area (Å²) in [5, 5.41) is 0. The van der Waals surface area contributed by atoms with Crippen LogP contribution >= 0.6 is 0 Å². The number of alkyl halides is 3. The molecule has 2 nitrogen and oxygen atoms in total. The lowest BCUT2D eigenvalue weighted by molar-refractivity contribution is -0.119. The van der Waals surface area contributed by atoms with Crippen molar-refractivity contribution in [3.05, 3.63) is 29.8 Å². The molecule has 0 aliphatic carbocycles. The zero-order chi connectivity index (χ0) is 13.1. The highest BCUT2D eigenvalue weighted by Gasteiger charge is 2.30. The van der Waals surface area contributed by atoms with Gasteiger partial charge in [-0.05, 0) is 12.1 Å². The summed E-state index contributed by atoms with van der Waals surface area (Å²) in [5.41, 5.74) is 0.651. The van der Waals surface area contributed by atoms with Gasteiger partial charge in [-0.3, -0.25) is 4.79 Å². The van der Waals surface area contributed by atoms with Crippen LogP contribution in [0.15, 0.2) is 24.3 Å². The van der Waals surface area contributed by atoms with E-state index in [-0.39, 0.29) is 12.2 Å². The van der Waals surface area contributed by atoms with Crippen molar-refractivity contribution < 1.29 is 18.0 Å². The minimum absolute atomic E-state index is 0.158. The summed E-state index contributed by atoms with van der Waals surface area (Å²) in [4.78, 5) is 12.6. The Labute approximate surface area is 98.0 Å². The molecular formula is C12H14F3NO. The maximum absolute atomic E-state index is 12.3. The Morgan fingerprint density at radius 3 is 2.41 bits per heavy atom. The normalized spacial score (nSPS) is 11.4. The van der Waals surface area contributed by atoms with Crippen LogP contribution in [-0.4, -0.2) is 25.6 Å². The topological polar surface area (TPSA) is 20.3 Å². The number of halogens is 3. The quantitative estimate of drug-likeness (QED) is 0.759. The molecule has 0 saturated heterocycles. The summed E-state index contributed by atoms with van der Waals surface area (Å²) in [6, 6.07) is 6.34. The van der Waals surface area contributed by atoms with Gasteiger partial charge in [0, 0.05) is 24.7 Å². The average molecular weight is 245 g/mol. The lowest BCUT2D eigenvalue weighted by Crippen LogP contribution is -2.31. The standard InChI is InChI=1S/C12H14F3NO/c1-3-11(17)9-6-4-5-7-10(9)16(2)8-12(13,14)15/h4-7H,3,8H2,1-2H3. The number of ketones is 1. The van der Waals surface area contributed by atoms with Crippen LogP contribution in [0.1, 0.15) is 23.7 Å². The van der Waals surface area contributed by atoms with Crippen molar-refractivity contribution in [1.29, 1.82) is 0 Å². The highest BCUT2D eigenvalue weighted by molar-refractivity contribution is 6.01. The smallest absolute Gasteiger partial charge is 0.365 e. The number of rotatable bonds is 4. The molecule has 0 bridgehead atoms. The van der Waals surface area contributed by atoms with Gasteiger partial charge >= 0.3 is 6.18 Å². The van der Waals surface area contributed by atoms with Gasteiger partial charge in [-0.1, -0.05) is 19.1 Å². The second-order valence-corrected chi connectivity index (χ2v) is 3.77. The molecule has 1 aromatic carbocycles. The van der Waals surface area contributed by atoms with Crippen molar-refractivity contribution in [2.45, 2.75) is 19.5 Å². The highest BCUT2D eigenvalue weighted by atomic mass is 19.4. The highest BCUT2D eigenvalue weighted by Crippen LogP contribution is 2.24. The Bertz CT molecular complexity index is 401. The van der Waals surface area contributed by atoms with Gasteiger partial charge in [-0.15, -0.1) is 0 Å². The largest absolute Gasteiger partial charge is 0.405 e. The van der Waals surface area contributed by atoms with E-state index in [1.807, 2.05) is 0 Å². The Balaban J connectivity index is 3.01. The number of benzene rings is 1. The van der Waals surface area contributed by atoms with Gasteiger partial charge in [-0.2, -0.15) is 13.2 Å². The van der Waals surface area contributed by atoms with E-state index in [0.717, 1.165) is 4.90 Å². The lowest BCUT2D eigenvalue weighted by atomic mass is 10.1. The first-order valence-corrected chi connectivity index (χ1v) is 5.25. The zero-order valence-corrected chi connectivity index (χ0v) is 9.71. The molecule has 0 N–H and O–H groups in total. The Hall–Kier alpha value is -1.52. The van der Waals surface area contributed by atoms with Crippen LogP contribution in [0.2, 0.25) is 0 Å². The van der Waals surface area contributed by atoms with Crippen molar-refractivity contribution in [2.75, 3.05) is 18.5 Å².